The maximum Gasteiger partial charge on any atom is 0.129 e. The van der Waals surface area contributed by atoms with Crippen LogP contribution in [-0.4, -0.2) is 16.5 Å². The highest BCUT2D eigenvalue weighted by atomic mass is 15.0. The smallest absolute Gasteiger partial charge is 0.129 e. The molecule has 0 fully saturated rings. The lowest BCUT2D eigenvalue weighted by Crippen LogP contribution is -2.04. The number of hydrogen-bond donors (Lipinski definition) is 1. The van der Waals surface area contributed by atoms with Crippen LogP contribution in [0.2, 0.25) is 0 Å². The first-order valence-electron chi connectivity index (χ1n) is 7.77. The van der Waals surface area contributed by atoms with Crippen molar-refractivity contribution >= 4 is 5.82 Å². The minimum atomic E-state index is 0.844. The number of aromatic nitrogens is 2. The molecule has 0 bridgehead atoms. The van der Waals surface area contributed by atoms with Gasteiger partial charge in [0.2, 0.25) is 0 Å². The van der Waals surface area contributed by atoms with E-state index >= 15 is 0 Å². The lowest BCUT2D eigenvalue weighted by atomic mass is 10.0. The molecular formula is C16H29N3. The van der Waals surface area contributed by atoms with Crippen molar-refractivity contribution in [2.24, 2.45) is 5.92 Å². The van der Waals surface area contributed by atoms with Gasteiger partial charge in [-0.1, -0.05) is 52.9 Å². The van der Waals surface area contributed by atoms with Gasteiger partial charge in [-0.05, 0) is 18.8 Å². The van der Waals surface area contributed by atoms with Gasteiger partial charge in [-0.3, -0.25) is 0 Å². The van der Waals surface area contributed by atoms with E-state index < -0.39 is 0 Å². The van der Waals surface area contributed by atoms with Gasteiger partial charge in [0.15, 0.2) is 0 Å². The van der Waals surface area contributed by atoms with Crippen molar-refractivity contribution in [1.29, 1.82) is 0 Å². The third-order valence-corrected chi connectivity index (χ3v) is 3.24. The van der Waals surface area contributed by atoms with Gasteiger partial charge >= 0.3 is 0 Å². The number of unbranched alkanes of at least 4 members (excludes halogenated alkanes) is 3. The molecule has 1 rings (SSSR count). The molecule has 1 aromatic rings. The van der Waals surface area contributed by atoms with Crippen LogP contribution in [0.3, 0.4) is 0 Å². The van der Waals surface area contributed by atoms with E-state index in [1.807, 2.05) is 0 Å². The lowest BCUT2D eigenvalue weighted by Gasteiger charge is -2.07. The third-order valence-electron chi connectivity index (χ3n) is 3.24. The van der Waals surface area contributed by atoms with Gasteiger partial charge in [0, 0.05) is 18.3 Å². The van der Waals surface area contributed by atoms with Crippen molar-refractivity contribution in [1.82, 2.24) is 9.97 Å². The van der Waals surface area contributed by atoms with E-state index in [1.165, 1.54) is 32.1 Å². The average molecular weight is 263 g/mol. The molecule has 0 atom stereocenters. The molecule has 0 spiro atoms. The highest BCUT2D eigenvalue weighted by Crippen LogP contribution is 2.10. The Labute approximate surface area is 118 Å². The van der Waals surface area contributed by atoms with Gasteiger partial charge in [0.25, 0.3) is 0 Å². The Morgan fingerprint density at radius 2 is 1.89 bits per heavy atom. The van der Waals surface area contributed by atoms with Crippen LogP contribution < -0.4 is 5.32 Å². The topological polar surface area (TPSA) is 37.8 Å². The van der Waals surface area contributed by atoms with Crippen molar-refractivity contribution < 1.29 is 0 Å². The molecule has 1 aromatic heterocycles. The van der Waals surface area contributed by atoms with E-state index in [0.29, 0.717) is 0 Å². The predicted molar refractivity (Wildman–Crippen MR) is 82.4 cm³/mol. The van der Waals surface area contributed by atoms with Crippen molar-refractivity contribution in [2.45, 2.75) is 65.7 Å². The van der Waals surface area contributed by atoms with Crippen LogP contribution in [0.5, 0.6) is 0 Å². The Bertz CT molecular complexity index is 337. The Kier molecular flexibility index (Phi) is 8.19. The largest absolute Gasteiger partial charge is 0.370 e. The molecule has 0 aliphatic carbocycles. The zero-order chi connectivity index (χ0) is 13.9. The second kappa shape index (κ2) is 9.76. The molecule has 0 aliphatic heterocycles. The van der Waals surface area contributed by atoms with E-state index in [0.717, 1.165) is 36.8 Å². The highest BCUT2D eigenvalue weighted by Gasteiger charge is 1.98. The maximum atomic E-state index is 4.26. The number of rotatable bonds is 10. The fraction of sp³-hybridized carbons (Fsp3) is 0.750. The first-order chi connectivity index (χ1) is 9.22. The molecule has 1 N–H and O–H groups in total. The molecule has 0 saturated heterocycles. The normalized spacial score (nSPS) is 10.9. The summed E-state index contributed by atoms with van der Waals surface area (Å²) in [5.41, 5.74) is 1.14. The highest BCUT2D eigenvalue weighted by molar-refractivity contribution is 5.34. The quantitative estimate of drug-likeness (QED) is 0.634. The molecule has 3 nitrogen and oxygen atoms in total. The number of hydrogen-bond acceptors (Lipinski definition) is 3. The van der Waals surface area contributed by atoms with Crippen LogP contribution in [0.25, 0.3) is 0 Å². The maximum absolute atomic E-state index is 4.26. The minimum Gasteiger partial charge on any atom is -0.370 e. The first kappa shape index (κ1) is 15.9. The fourth-order valence-electron chi connectivity index (χ4n) is 2.13. The summed E-state index contributed by atoms with van der Waals surface area (Å²) in [7, 11) is 0. The molecular weight excluding hydrogens is 234 g/mol. The van der Waals surface area contributed by atoms with Crippen molar-refractivity contribution in [2.75, 3.05) is 11.9 Å². The van der Waals surface area contributed by atoms with Gasteiger partial charge in [0.05, 0.1) is 0 Å². The second-order valence-corrected chi connectivity index (χ2v) is 5.67. The molecule has 0 unspecified atom stereocenters. The first-order valence-corrected chi connectivity index (χ1v) is 7.77. The average Bonchev–Trinajstić information content (AvgIpc) is 2.38. The fourth-order valence-corrected chi connectivity index (χ4v) is 2.13. The van der Waals surface area contributed by atoms with Crippen molar-refractivity contribution in [3.05, 3.63) is 18.1 Å². The predicted octanol–water partition coefficient (Wildman–Crippen LogP) is 4.45. The summed E-state index contributed by atoms with van der Waals surface area (Å²) in [6.45, 7) is 7.78. The summed E-state index contributed by atoms with van der Waals surface area (Å²) in [4.78, 5) is 8.52. The summed E-state index contributed by atoms with van der Waals surface area (Å²) >= 11 is 0. The number of aryl methyl sites for hydroxylation is 1. The monoisotopic (exact) mass is 263 g/mol. The molecule has 108 valence electrons. The van der Waals surface area contributed by atoms with E-state index in [9.17, 15) is 0 Å². The molecule has 0 aromatic carbocycles. The van der Waals surface area contributed by atoms with E-state index in [4.69, 9.17) is 0 Å². The number of nitrogens with zero attached hydrogens (tertiary/aromatic N) is 2. The molecule has 19 heavy (non-hydrogen) atoms. The second-order valence-electron chi connectivity index (χ2n) is 5.67. The van der Waals surface area contributed by atoms with Gasteiger partial charge in [-0.15, -0.1) is 0 Å². The molecule has 0 radical (unpaired) electrons. The van der Waals surface area contributed by atoms with Crippen LogP contribution >= 0.6 is 0 Å². The van der Waals surface area contributed by atoms with Gasteiger partial charge in [-0.25, -0.2) is 9.97 Å². The molecule has 3 heteroatoms. The van der Waals surface area contributed by atoms with E-state index in [2.05, 4.69) is 42.1 Å². The SMILES string of the molecule is CCCc1cc(NCCCCCCC(C)C)ncn1. The van der Waals surface area contributed by atoms with Crippen LogP contribution in [0.15, 0.2) is 12.4 Å². The summed E-state index contributed by atoms with van der Waals surface area (Å²) in [6.07, 6.45) is 10.4. The molecule has 0 aliphatic rings. The standard InChI is InChI=1S/C16H29N3/c1-4-9-15-12-16(19-13-18-15)17-11-8-6-5-7-10-14(2)3/h12-14H,4-11H2,1-3H3,(H,17,18,19). The van der Waals surface area contributed by atoms with Crippen LogP contribution in [0.4, 0.5) is 5.82 Å². The van der Waals surface area contributed by atoms with E-state index in [1.54, 1.807) is 6.33 Å². The van der Waals surface area contributed by atoms with Crippen LogP contribution in [-0.2, 0) is 6.42 Å². The third kappa shape index (κ3) is 7.81. The zero-order valence-corrected chi connectivity index (χ0v) is 12.8. The Morgan fingerprint density at radius 3 is 2.63 bits per heavy atom. The van der Waals surface area contributed by atoms with Gasteiger partial charge in [-0.2, -0.15) is 0 Å². The molecule has 0 saturated carbocycles. The summed E-state index contributed by atoms with van der Waals surface area (Å²) in [5, 5.41) is 3.39. The summed E-state index contributed by atoms with van der Waals surface area (Å²) < 4.78 is 0. The van der Waals surface area contributed by atoms with Crippen molar-refractivity contribution in [3.63, 3.8) is 0 Å². The van der Waals surface area contributed by atoms with Crippen molar-refractivity contribution in [3.8, 4) is 0 Å². The summed E-state index contributed by atoms with van der Waals surface area (Å²) in [5.74, 6) is 1.82. The molecule has 0 amide bonds. The van der Waals surface area contributed by atoms with Gasteiger partial charge < -0.3 is 5.32 Å². The number of nitrogens with one attached hydrogen (secondary N) is 1. The number of anilines is 1. The van der Waals surface area contributed by atoms with E-state index in [-0.39, 0.29) is 0 Å². The zero-order valence-electron chi connectivity index (χ0n) is 12.8. The lowest BCUT2D eigenvalue weighted by molar-refractivity contribution is 0.523. The summed E-state index contributed by atoms with van der Waals surface area (Å²) in [6, 6.07) is 2.07. The minimum absolute atomic E-state index is 0.844. The van der Waals surface area contributed by atoms with Crippen LogP contribution in [0.1, 0.15) is 65.0 Å². The molecule has 1 heterocycles. The Hall–Kier alpha value is -1.12. The Balaban J connectivity index is 2.10. The van der Waals surface area contributed by atoms with Gasteiger partial charge in [0.1, 0.15) is 12.1 Å². The Morgan fingerprint density at radius 1 is 1.11 bits per heavy atom. The van der Waals surface area contributed by atoms with Crippen LogP contribution in [0, 0.1) is 5.92 Å².